The molecule has 1 fully saturated rings. The first-order chi connectivity index (χ1) is 14.8. The summed E-state index contributed by atoms with van der Waals surface area (Å²) >= 11 is 1.97. The molecule has 0 radical (unpaired) electrons. The Balaban J connectivity index is 1.32. The van der Waals surface area contributed by atoms with Gasteiger partial charge in [-0.15, -0.1) is 0 Å². The van der Waals surface area contributed by atoms with Crippen molar-refractivity contribution in [1.29, 1.82) is 0 Å². The molecule has 2 aliphatic rings. The zero-order valence-corrected chi connectivity index (χ0v) is 19.4. The summed E-state index contributed by atoms with van der Waals surface area (Å²) in [6, 6.07) is 16.6. The Morgan fingerprint density at radius 3 is 2.42 bits per heavy atom. The molecule has 0 bridgehead atoms. The van der Waals surface area contributed by atoms with Gasteiger partial charge in [0, 0.05) is 43.1 Å². The number of fused-ring (bicyclic) bond motifs is 3. The van der Waals surface area contributed by atoms with Crippen LogP contribution in [0.25, 0.3) is 11.1 Å². The van der Waals surface area contributed by atoms with E-state index in [0.29, 0.717) is 13.2 Å². The summed E-state index contributed by atoms with van der Waals surface area (Å²) in [5.41, 5.74) is 4.82. The first-order valence-electron chi connectivity index (χ1n) is 10.9. The van der Waals surface area contributed by atoms with Crippen molar-refractivity contribution in [2.75, 3.05) is 45.6 Å². The summed E-state index contributed by atoms with van der Waals surface area (Å²) in [7, 11) is 1.69. The summed E-state index contributed by atoms with van der Waals surface area (Å²) in [6.45, 7) is 7.53. The number of hydrogen-bond acceptors (Lipinski definition) is 5. The van der Waals surface area contributed by atoms with Crippen LogP contribution in [0.5, 0.6) is 0 Å². The number of carbonyl (C=O) groups is 1. The topological polar surface area (TPSA) is 53.0 Å². The molecule has 5 nitrogen and oxygen atoms in total. The van der Waals surface area contributed by atoms with Crippen LogP contribution in [0, 0.1) is 0 Å². The number of aliphatic hydroxyl groups is 1. The number of aliphatic hydroxyl groups excluding tert-OH is 1. The Morgan fingerprint density at radius 2 is 1.81 bits per heavy atom. The van der Waals surface area contributed by atoms with Crippen LogP contribution < -0.4 is 0 Å². The number of benzene rings is 2. The second-order valence-corrected chi connectivity index (χ2v) is 11.0. The van der Waals surface area contributed by atoms with Crippen LogP contribution in [0.3, 0.4) is 0 Å². The minimum atomic E-state index is -0.593. The van der Waals surface area contributed by atoms with Gasteiger partial charge < -0.3 is 14.7 Å². The van der Waals surface area contributed by atoms with Gasteiger partial charge in [-0.2, -0.15) is 11.8 Å². The van der Waals surface area contributed by atoms with Crippen LogP contribution >= 0.6 is 11.8 Å². The zero-order chi connectivity index (χ0) is 22.0. The van der Waals surface area contributed by atoms with Crippen LogP contribution in [-0.2, 0) is 4.74 Å². The monoisotopic (exact) mass is 440 g/mol. The normalized spacial score (nSPS) is 18.8. The summed E-state index contributed by atoms with van der Waals surface area (Å²) < 4.78 is 5.89. The van der Waals surface area contributed by atoms with Crippen molar-refractivity contribution in [3.8, 4) is 11.1 Å². The number of rotatable bonds is 6. The van der Waals surface area contributed by atoms with E-state index in [1.165, 1.54) is 27.2 Å². The Bertz CT molecular complexity index is 887. The molecule has 1 atom stereocenters. The molecule has 1 aliphatic heterocycles. The molecule has 4 rings (SSSR count). The molecule has 1 unspecified atom stereocenters. The lowest BCUT2D eigenvalue weighted by atomic mass is 9.98. The number of nitrogens with zero attached hydrogens (tertiary/aromatic N) is 2. The minimum absolute atomic E-state index is 0.0442. The summed E-state index contributed by atoms with van der Waals surface area (Å²) in [5.74, 6) is 1.12. The fraction of sp³-hybridized carbons (Fsp3) is 0.480. The smallest absolute Gasteiger partial charge is 0.409 e. The van der Waals surface area contributed by atoms with Crippen molar-refractivity contribution in [2.45, 2.75) is 30.6 Å². The van der Waals surface area contributed by atoms with E-state index < -0.39 is 12.2 Å². The van der Waals surface area contributed by atoms with Gasteiger partial charge in [-0.3, -0.25) is 4.90 Å². The average molecular weight is 441 g/mol. The van der Waals surface area contributed by atoms with E-state index in [0.717, 1.165) is 18.8 Å². The molecule has 6 heteroatoms. The maximum absolute atomic E-state index is 12.6. The Hall–Kier alpha value is -2.02. The lowest BCUT2D eigenvalue weighted by Crippen LogP contribution is -2.48. The first-order valence-corrected chi connectivity index (χ1v) is 11.9. The molecule has 0 aromatic heterocycles. The highest BCUT2D eigenvalue weighted by Crippen LogP contribution is 2.44. The summed E-state index contributed by atoms with van der Waals surface area (Å²) in [4.78, 5) is 16.4. The molecule has 1 aliphatic carbocycles. The summed E-state index contributed by atoms with van der Waals surface area (Å²) in [5, 5.41) is 10.5. The minimum Gasteiger partial charge on any atom is -0.448 e. The lowest BCUT2D eigenvalue weighted by molar-refractivity contribution is 0.0625. The van der Waals surface area contributed by atoms with Crippen molar-refractivity contribution >= 4 is 17.9 Å². The largest absolute Gasteiger partial charge is 0.448 e. The third-order valence-corrected chi connectivity index (χ3v) is 7.40. The third kappa shape index (κ3) is 5.08. The Kier molecular flexibility index (Phi) is 6.60. The van der Waals surface area contributed by atoms with E-state index in [1.54, 1.807) is 7.05 Å². The van der Waals surface area contributed by atoms with Gasteiger partial charge in [0.15, 0.2) is 0 Å². The molecule has 1 heterocycles. The molecule has 0 saturated carbocycles. The second kappa shape index (κ2) is 9.23. The maximum Gasteiger partial charge on any atom is 0.409 e. The van der Waals surface area contributed by atoms with Crippen LogP contribution in [-0.4, -0.2) is 77.4 Å². The molecule has 1 amide bonds. The van der Waals surface area contributed by atoms with Crippen LogP contribution in [0.4, 0.5) is 4.79 Å². The van der Waals surface area contributed by atoms with Gasteiger partial charge in [0.2, 0.25) is 0 Å². The van der Waals surface area contributed by atoms with Gasteiger partial charge in [0.05, 0.1) is 12.6 Å². The van der Waals surface area contributed by atoms with Gasteiger partial charge >= 0.3 is 6.09 Å². The van der Waals surface area contributed by atoms with Gasteiger partial charge in [0.1, 0.15) is 6.61 Å². The van der Waals surface area contributed by atoms with E-state index >= 15 is 0 Å². The number of β-amino-alcohol motifs (C(OH)–C–C–N with tert-alkyl or cyclic N) is 1. The van der Waals surface area contributed by atoms with Crippen molar-refractivity contribution in [3.05, 3.63) is 59.7 Å². The number of hydrogen-bond donors (Lipinski definition) is 1. The fourth-order valence-electron chi connectivity index (χ4n) is 4.72. The predicted octanol–water partition coefficient (Wildman–Crippen LogP) is 4.06. The fourth-order valence-corrected chi connectivity index (χ4v) is 5.90. The molecule has 1 N–H and O–H groups in total. The maximum atomic E-state index is 12.6. The lowest BCUT2D eigenvalue weighted by Gasteiger charge is -2.38. The van der Waals surface area contributed by atoms with E-state index in [1.807, 2.05) is 36.0 Å². The van der Waals surface area contributed by atoms with Gasteiger partial charge in [-0.25, -0.2) is 4.79 Å². The van der Waals surface area contributed by atoms with E-state index in [2.05, 4.69) is 43.0 Å². The van der Waals surface area contributed by atoms with E-state index in [4.69, 9.17) is 4.74 Å². The molecule has 166 valence electrons. The van der Waals surface area contributed by atoms with Crippen LogP contribution in [0.15, 0.2) is 48.5 Å². The predicted molar refractivity (Wildman–Crippen MR) is 127 cm³/mol. The average Bonchev–Trinajstić information content (AvgIpc) is 3.05. The molecular formula is C25H32N2O3S. The number of thioether (sulfide) groups is 1. The zero-order valence-electron chi connectivity index (χ0n) is 18.6. The van der Waals surface area contributed by atoms with Crippen LogP contribution in [0.1, 0.15) is 30.9 Å². The quantitative estimate of drug-likeness (QED) is 0.734. The number of amides is 1. The molecular weight excluding hydrogens is 408 g/mol. The standard InChI is InChI=1S/C25H32N2O3S/c1-25(2)17-27(12-13-31-25)15-18(28)14-26(3)24(29)30-16-23-21-10-6-4-8-19(21)20-9-5-7-11-22(20)23/h4-11,18,23,28H,12-17H2,1-3H3. The van der Waals surface area contributed by atoms with Crippen molar-refractivity contribution < 1.29 is 14.6 Å². The highest BCUT2D eigenvalue weighted by atomic mass is 32.2. The van der Waals surface area contributed by atoms with Gasteiger partial charge in [-0.1, -0.05) is 48.5 Å². The molecule has 2 aromatic carbocycles. The Morgan fingerprint density at radius 1 is 1.19 bits per heavy atom. The first kappa shape index (κ1) is 22.2. The summed E-state index contributed by atoms with van der Waals surface area (Å²) in [6.07, 6.45) is -0.986. The van der Waals surface area contributed by atoms with E-state index in [9.17, 15) is 9.90 Å². The molecule has 2 aromatic rings. The second-order valence-electron chi connectivity index (χ2n) is 9.18. The molecule has 0 spiro atoms. The molecule has 1 saturated heterocycles. The van der Waals surface area contributed by atoms with Crippen molar-refractivity contribution in [2.24, 2.45) is 0 Å². The number of carbonyl (C=O) groups excluding carboxylic acids is 1. The molecule has 31 heavy (non-hydrogen) atoms. The van der Waals surface area contributed by atoms with Gasteiger partial charge in [0.25, 0.3) is 0 Å². The highest BCUT2D eigenvalue weighted by molar-refractivity contribution is 8.00. The Labute approximate surface area is 189 Å². The van der Waals surface area contributed by atoms with Crippen molar-refractivity contribution in [3.63, 3.8) is 0 Å². The van der Waals surface area contributed by atoms with Crippen molar-refractivity contribution in [1.82, 2.24) is 9.80 Å². The number of ether oxygens (including phenoxy) is 1. The van der Waals surface area contributed by atoms with Gasteiger partial charge in [-0.05, 0) is 36.1 Å². The van der Waals surface area contributed by atoms with E-state index in [-0.39, 0.29) is 17.2 Å². The third-order valence-electron chi connectivity index (χ3n) is 6.11. The number of likely N-dealkylation sites (N-methyl/N-ethyl adjacent to an activating group) is 1. The van der Waals surface area contributed by atoms with Crippen LogP contribution in [0.2, 0.25) is 0 Å². The highest BCUT2D eigenvalue weighted by Gasteiger charge is 2.30. The SMILES string of the molecule is CN(CC(O)CN1CCSC(C)(C)C1)C(=O)OCC1c2ccccc2-c2ccccc21.